The molecule has 0 spiro atoms. The maximum absolute atomic E-state index is 12.9. The Bertz CT molecular complexity index is 834. The van der Waals surface area contributed by atoms with Gasteiger partial charge in [0.1, 0.15) is 5.82 Å². The number of aromatic nitrogens is 3. The molecule has 0 atom stereocenters. The maximum Gasteiger partial charge on any atom is 0.227 e. The number of carbonyl (C=O) groups is 1. The second kappa shape index (κ2) is 7.65. The summed E-state index contributed by atoms with van der Waals surface area (Å²) in [5.41, 5.74) is 1.68. The van der Waals surface area contributed by atoms with E-state index in [9.17, 15) is 9.18 Å². The van der Waals surface area contributed by atoms with Gasteiger partial charge in [0.2, 0.25) is 17.6 Å². The third-order valence-electron chi connectivity index (χ3n) is 3.72. The van der Waals surface area contributed by atoms with E-state index in [-0.39, 0.29) is 18.1 Å². The number of aryl methyl sites for hydroxylation is 1. The lowest BCUT2D eigenvalue weighted by atomic mass is 10.2. The van der Waals surface area contributed by atoms with Crippen molar-refractivity contribution in [3.8, 4) is 11.4 Å². The van der Waals surface area contributed by atoms with Gasteiger partial charge in [0.15, 0.2) is 0 Å². The molecule has 2 heterocycles. The van der Waals surface area contributed by atoms with Crippen LogP contribution in [0, 0.1) is 5.82 Å². The van der Waals surface area contributed by atoms with E-state index in [0.717, 1.165) is 11.1 Å². The second-order valence-corrected chi connectivity index (χ2v) is 5.62. The van der Waals surface area contributed by atoms with E-state index in [1.165, 1.54) is 12.1 Å². The Hall–Kier alpha value is -3.09. The number of carbonyl (C=O) groups excluding carboxylic acids is 1. The van der Waals surface area contributed by atoms with Crippen LogP contribution in [0.2, 0.25) is 0 Å². The van der Waals surface area contributed by atoms with Crippen LogP contribution in [-0.2, 0) is 17.8 Å². The molecule has 0 bridgehead atoms. The van der Waals surface area contributed by atoms with Gasteiger partial charge in [-0.3, -0.25) is 9.78 Å². The summed E-state index contributed by atoms with van der Waals surface area (Å²) >= 11 is 0. The number of halogens is 1. The molecule has 0 aliphatic carbocycles. The minimum Gasteiger partial charge on any atom is -0.341 e. The Morgan fingerprint density at radius 3 is 2.60 bits per heavy atom. The van der Waals surface area contributed by atoms with E-state index < -0.39 is 0 Å². The van der Waals surface area contributed by atoms with Gasteiger partial charge in [0, 0.05) is 44.4 Å². The zero-order valence-electron chi connectivity index (χ0n) is 13.7. The minimum atomic E-state index is -0.292. The van der Waals surface area contributed by atoms with Crippen molar-refractivity contribution in [2.24, 2.45) is 0 Å². The zero-order chi connectivity index (χ0) is 17.6. The fraction of sp³-hybridized carbons (Fsp3) is 0.222. The van der Waals surface area contributed by atoms with Crippen molar-refractivity contribution < 1.29 is 13.7 Å². The highest BCUT2D eigenvalue weighted by atomic mass is 19.1. The van der Waals surface area contributed by atoms with Gasteiger partial charge < -0.3 is 9.42 Å². The van der Waals surface area contributed by atoms with Crippen molar-refractivity contribution in [2.45, 2.75) is 19.4 Å². The quantitative estimate of drug-likeness (QED) is 0.690. The summed E-state index contributed by atoms with van der Waals surface area (Å²) in [7, 11) is 1.71. The second-order valence-electron chi connectivity index (χ2n) is 5.62. The lowest BCUT2D eigenvalue weighted by Gasteiger charge is -2.16. The van der Waals surface area contributed by atoms with Crippen LogP contribution in [0.3, 0.4) is 0 Å². The predicted molar refractivity (Wildman–Crippen MR) is 88.7 cm³/mol. The van der Waals surface area contributed by atoms with Crippen molar-refractivity contribution in [3.63, 3.8) is 0 Å². The summed E-state index contributed by atoms with van der Waals surface area (Å²) in [4.78, 5) is 22.0. The highest BCUT2D eigenvalue weighted by molar-refractivity contribution is 5.76. The van der Waals surface area contributed by atoms with Gasteiger partial charge in [0.05, 0.1) is 0 Å². The van der Waals surface area contributed by atoms with Crippen molar-refractivity contribution >= 4 is 5.91 Å². The molecule has 0 N–H and O–H groups in total. The Balaban J connectivity index is 1.53. The first kappa shape index (κ1) is 16.8. The molecule has 128 valence electrons. The molecule has 0 aliphatic heterocycles. The van der Waals surface area contributed by atoms with Crippen LogP contribution in [0.1, 0.15) is 17.9 Å². The summed E-state index contributed by atoms with van der Waals surface area (Å²) in [5.74, 6) is 0.548. The monoisotopic (exact) mass is 340 g/mol. The molecule has 0 aliphatic rings. The third-order valence-corrected chi connectivity index (χ3v) is 3.72. The first-order chi connectivity index (χ1) is 12.1. The largest absolute Gasteiger partial charge is 0.341 e. The fourth-order valence-electron chi connectivity index (χ4n) is 2.33. The van der Waals surface area contributed by atoms with Crippen LogP contribution < -0.4 is 0 Å². The van der Waals surface area contributed by atoms with E-state index in [4.69, 9.17) is 4.52 Å². The van der Waals surface area contributed by atoms with Gasteiger partial charge in [-0.25, -0.2) is 4.39 Å². The van der Waals surface area contributed by atoms with E-state index in [1.54, 1.807) is 48.6 Å². The molecule has 0 saturated heterocycles. The molecule has 7 heteroatoms. The van der Waals surface area contributed by atoms with Crippen LogP contribution in [0.25, 0.3) is 11.4 Å². The highest BCUT2D eigenvalue weighted by Crippen LogP contribution is 2.15. The van der Waals surface area contributed by atoms with E-state index in [0.29, 0.717) is 24.7 Å². The molecule has 0 saturated carbocycles. The molecular weight excluding hydrogens is 323 g/mol. The summed E-state index contributed by atoms with van der Waals surface area (Å²) < 4.78 is 18.1. The molecule has 1 amide bonds. The lowest BCUT2D eigenvalue weighted by Crippen LogP contribution is -2.26. The number of amides is 1. The standard InChI is InChI=1S/C18H17FN4O2/c1-23(12-13-2-4-15(19)5-3-13)17(24)7-6-16-21-18(22-25-16)14-8-10-20-11-9-14/h2-5,8-11H,6-7,12H2,1H3. The van der Waals surface area contributed by atoms with Gasteiger partial charge in [-0.05, 0) is 29.8 Å². The van der Waals surface area contributed by atoms with Gasteiger partial charge in [-0.2, -0.15) is 4.98 Å². The molecule has 3 rings (SSSR count). The molecule has 1 aromatic carbocycles. The highest BCUT2D eigenvalue weighted by Gasteiger charge is 2.13. The Morgan fingerprint density at radius 2 is 1.88 bits per heavy atom. The normalized spacial score (nSPS) is 10.6. The predicted octanol–water partition coefficient (Wildman–Crippen LogP) is 2.86. The lowest BCUT2D eigenvalue weighted by molar-refractivity contribution is -0.130. The van der Waals surface area contributed by atoms with Crippen LogP contribution in [0.5, 0.6) is 0 Å². The number of pyridine rings is 1. The topological polar surface area (TPSA) is 72.1 Å². The average molecular weight is 340 g/mol. The molecular formula is C18H17FN4O2. The van der Waals surface area contributed by atoms with Gasteiger partial charge in [-0.1, -0.05) is 17.3 Å². The summed E-state index contributed by atoms with van der Waals surface area (Å²) in [6.07, 6.45) is 3.93. The smallest absolute Gasteiger partial charge is 0.227 e. The number of rotatable bonds is 6. The Morgan fingerprint density at radius 1 is 1.16 bits per heavy atom. The number of hydrogen-bond acceptors (Lipinski definition) is 5. The molecule has 6 nitrogen and oxygen atoms in total. The Labute approximate surface area is 144 Å². The Kier molecular flexibility index (Phi) is 5.13. The van der Waals surface area contributed by atoms with E-state index in [1.807, 2.05) is 0 Å². The molecule has 0 unspecified atom stereocenters. The van der Waals surface area contributed by atoms with Gasteiger partial charge in [0.25, 0.3) is 0 Å². The number of nitrogens with zero attached hydrogens (tertiary/aromatic N) is 4. The third kappa shape index (κ3) is 4.47. The molecule has 3 aromatic rings. The van der Waals surface area contributed by atoms with Crippen molar-refractivity contribution in [1.82, 2.24) is 20.0 Å². The molecule has 2 aromatic heterocycles. The van der Waals surface area contributed by atoms with E-state index >= 15 is 0 Å². The van der Waals surface area contributed by atoms with Crippen LogP contribution >= 0.6 is 0 Å². The number of hydrogen-bond donors (Lipinski definition) is 0. The van der Waals surface area contributed by atoms with Crippen molar-refractivity contribution in [3.05, 3.63) is 66.1 Å². The summed E-state index contributed by atoms with van der Waals surface area (Å²) in [6, 6.07) is 9.67. The zero-order valence-corrected chi connectivity index (χ0v) is 13.7. The summed E-state index contributed by atoms with van der Waals surface area (Å²) in [6.45, 7) is 0.422. The van der Waals surface area contributed by atoms with Gasteiger partial charge >= 0.3 is 0 Å². The van der Waals surface area contributed by atoms with Crippen LogP contribution in [0.4, 0.5) is 4.39 Å². The maximum atomic E-state index is 12.9. The number of benzene rings is 1. The van der Waals surface area contributed by atoms with Crippen LogP contribution in [0.15, 0.2) is 53.3 Å². The molecule has 25 heavy (non-hydrogen) atoms. The first-order valence-corrected chi connectivity index (χ1v) is 7.83. The first-order valence-electron chi connectivity index (χ1n) is 7.83. The molecule has 0 radical (unpaired) electrons. The van der Waals surface area contributed by atoms with Crippen molar-refractivity contribution in [2.75, 3.05) is 7.05 Å². The average Bonchev–Trinajstić information content (AvgIpc) is 3.11. The fourth-order valence-corrected chi connectivity index (χ4v) is 2.33. The van der Waals surface area contributed by atoms with Crippen LogP contribution in [-0.4, -0.2) is 33.0 Å². The van der Waals surface area contributed by atoms with Crippen molar-refractivity contribution in [1.29, 1.82) is 0 Å². The van der Waals surface area contributed by atoms with Gasteiger partial charge in [-0.15, -0.1) is 0 Å². The van der Waals surface area contributed by atoms with E-state index in [2.05, 4.69) is 15.1 Å². The molecule has 0 fully saturated rings. The SMILES string of the molecule is CN(Cc1ccc(F)cc1)C(=O)CCc1nc(-c2ccncc2)no1. The summed E-state index contributed by atoms with van der Waals surface area (Å²) in [5, 5.41) is 3.91. The minimum absolute atomic E-state index is 0.0482.